The summed E-state index contributed by atoms with van der Waals surface area (Å²) in [4.78, 5) is 14.8. The van der Waals surface area contributed by atoms with Crippen LogP contribution in [0.4, 0.5) is 0 Å². The van der Waals surface area contributed by atoms with Gasteiger partial charge in [-0.3, -0.25) is 14.4 Å². The number of benzene rings is 1. The molecular formula is C20H24N4O2. The second-order valence-electron chi connectivity index (χ2n) is 6.71. The first-order chi connectivity index (χ1) is 12.7. The van der Waals surface area contributed by atoms with Gasteiger partial charge in [-0.2, -0.15) is 5.10 Å². The van der Waals surface area contributed by atoms with Crippen LogP contribution in [0.1, 0.15) is 41.8 Å². The van der Waals surface area contributed by atoms with Crippen molar-refractivity contribution >= 4 is 16.8 Å². The van der Waals surface area contributed by atoms with Gasteiger partial charge in [0.2, 0.25) is 0 Å². The molecule has 3 aromatic rings. The summed E-state index contributed by atoms with van der Waals surface area (Å²) in [6.45, 7) is 6.23. The Hall–Kier alpha value is -2.60. The molecule has 4 rings (SSSR count). The molecule has 1 aliphatic rings. The average molecular weight is 352 g/mol. The normalized spacial score (nSPS) is 15.0. The second kappa shape index (κ2) is 7.33. The maximum atomic E-state index is 12.4. The maximum Gasteiger partial charge on any atom is 0.287 e. The van der Waals surface area contributed by atoms with Crippen LogP contribution in [0.25, 0.3) is 10.9 Å². The number of nitrogens with one attached hydrogen (secondary N) is 1. The molecule has 6 heteroatoms. The molecule has 1 fully saturated rings. The molecule has 0 unspecified atom stereocenters. The lowest BCUT2D eigenvalue weighted by Crippen LogP contribution is -2.23. The fourth-order valence-electron chi connectivity index (χ4n) is 3.56. The molecule has 1 N–H and O–H groups in total. The Morgan fingerprint density at radius 1 is 1.19 bits per heavy atom. The molecule has 0 atom stereocenters. The Morgan fingerprint density at radius 2 is 2.00 bits per heavy atom. The largest absolute Gasteiger partial charge is 0.455 e. The molecule has 6 nitrogen and oxygen atoms in total. The third kappa shape index (κ3) is 3.37. The predicted molar refractivity (Wildman–Crippen MR) is 99.8 cm³/mol. The highest BCUT2D eigenvalue weighted by Gasteiger charge is 2.17. The van der Waals surface area contributed by atoms with Gasteiger partial charge in [0, 0.05) is 11.9 Å². The summed E-state index contributed by atoms with van der Waals surface area (Å²) in [6, 6.07) is 11.7. The summed E-state index contributed by atoms with van der Waals surface area (Å²) < 4.78 is 7.69. The van der Waals surface area contributed by atoms with Crippen LogP contribution in [0.5, 0.6) is 0 Å². The monoisotopic (exact) mass is 352 g/mol. The van der Waals surface area contributed by atoms with Gasteiger partial charge < -0.3 is 9.73 Å². The van der Waals surface area contributed by atoms with E-state index in [1.165, 1.54) is 12.8 Å². The van der Waals surface area contributed by atoms with E-state index in [4.69, 9.17) is 4.42 Å². The van der Waals surface area contributed by atoms with E-state index in [1.807, 2.05) is 35.0 Å². The molecular weight excluding hydrogens is 328 g/mol. The number of carbonyl (C=O) groups is 1. The van der Waals surface area contributed by atoms with Crippen LogP contribution in [0.15, 0.2) is 40.8 Å². The van der Waals surface area contributed by atoms with Crippen molar-refractivity contribution in [2.75, 3.05) is 13.1 Å². The van der Waals surface area contributed by atoms with E-state index in [-0.39, 0.29) is 5.91 Å². The minimum Gasteiger partial charge on any atom is -0.455 e. The van der Waals surface area contributed by atoms with Crippen molar-refractivity contribution < 1.29 is 9.21 Å². The number of hydrogen-bond acceptors (Lipinski definition) is 4. The van der Waals surface area contributed by atoms with Gasteiger partial charge in [-0.05, 0) is 51.1 Å². The highest BCUT2D eigenvalue weighted by Crippen LogP contribution is 2.19. The Labute approximate surface area is 152 Å². The summed E-state index contributed by atoms with van der Waals surface area (Å²) in [5.41, 5.74) is 1.96. The number of hydrogen-bond donors (Lipinski definition) is 1. The SMILES string of the molecule is CCn1nc(CNC(=O)c2ccc(CN3CCCC3)o2)c2ccccc21. The van der Waals surface area contributed by atoms with Crippen LogP contribution in [-0.2, 0) is 19.6 Å². The van der Waals surface area contributed by atoms with Crippen LogP contribution in [0.2, 0.25) is 0 Å². The standard InChI is InChI=1S/C20H24N4O2/c1-2-24-18-8-4-3-7-16(18)17(22-24)13-21-20(25)19-10-9-15(26-19)14-23-11-5-6-12-23/h3-4,7-10H,2,5-6,11-14H2,1H3,(H,21,25). The molecule has 1 amide bonds. The van der Waals surface area contributed by atoms with Gasteiger partial charge in [-0.15, -0.1) is 0 Å². The predicted octanol–water partition coefficient (Wildman–Crippen LogP) is 3.18. The lowest BCUT2D eigenvalue weighted by atomic mass is 10.2. The van der Waals surface area contributed by atoms with E-state index in [9.17, 15) is 4.79 Å². The number of furan rings is 1. The average Bonchev–Trinajstić information content (AvgIpc) is 3.40. The van der Waals surface area contributed by atoms with Gasteiger partial charge in [0.15, 0.2) is 5.76 Å². The zero-order chi connectivity index (χ0) is 17.9. The molecule has 1 aliphatic heterocycles. The van der Waals surface area contributed by atoms with Crippen molar-refractivity contribution in [3.63, 3.8) is 0 Å². The number of nitrogens with zero attached hydrogens (tertiary/aromatic N) is 3. The van der Waals surface area contributed by atoms with Crippen LogP contribution in [-0.4, -0.2) is 33.7 Å². The first kappa shape index (κ1) is 16.8. The molecule has 0 spiro atoms. The van der Waals surface area contributed by atoms with Gasteiger partial charge >= 0.3 is 0 Å². The highest BCUT2D eigenvalue weighted by molar-refractivity contribution is 5.91. The number of amides is 1. The Morgan fingerprint density at radius 3 is 2.81 bits per heavy atom. The molecule has 136 valence electrons. The van der Waals surface area contributed by atoms with E-state index in [1.54, 1.807) is 6.07 Å². The Balaban J connectivity index is 1.42. The zero-order valence-electron chi connectivity index (χ0n) is 15.1. The Bertz CT molecular complexity index is 906. The lowest BCUT2D eigenvalue weighted by Gasteiger charge is -2.11. The van der Waals surface area contributed by atoms with E-state index in [0.29, 0.717) is 12.3 Å². The van der Waals surface area contributed by atoms with E-state index < -0.39 is 0 Å². The number of fused-ring (bicyclic) bond motifs is 1. The first-order valence-corrected chi connectivity index (χ1v) is 9.28. The number of aromatic nitrogens is 2. The molecule has 1 saturated heterocycles. The van der Waals surface area contributed by atoms with Gasteiger partial charge in [0.1, 0.15) is 5.76 Å². The van der Waals surface area contributed by atoms with Gasteiger partial charge in [0.05, 0.1) is 24.3 Å². The third-order valence-corrected chi connectivity index (χ3v) is 4.91. The smallest absolute Gasteiger partial charge is 0.287 e. The minimum absolute atomic E-state index is 0.201. The molecule has 0 saturated carbocycles. The second-order valence-corrected chi connectivity index (χ2v) is 6.71. The number of carbonyl (C=O) groups excluding carboxylic acids is 1. The van der Waals surface area contributed by atoms with Crippen molar-refractivity contribution in [2.24, 2.45) is 0 Å². The quantitative estimate of drug-likeness (QED) is 0.740. The van der Waals surface area contributed by atoms with Crippen LogP contribution < -0.4 is 5.32 Å². The summed E-state index contributed by atoms with van der Waals surface area (Å²) in [5, 5.41) is 8.61. The fraction of sp³-hybridized carbons (Fsp3) is 0.400. The highest BCUT2D eigenvalue weighted by atomic mass is 16.4. The zero-order valence-corrected chi connectivity index (χ0v) is 15.1. The molecule has 26 heavy (non-hydrogen) atoms. The van der Waals surface area contributed by atoms with Crippen LogP contribution in [0, 0.1) is 0 Å². The van der Waals surface area contributed by atoms with Gasteiger partial charge in [-0.1, -0.05) is 18.2 Å². The van der Waals surface area contributed by atoms with Gasteiger partial charge in [-0.25, -0.2) is 0 Å². The van der Waals surface area contributed by atoms with Gasteiger partial charge in [0.25, 0.3) is 5.91 Å². The van der Waals surface area contributed by atoms with Crippen molar-refractivity contribution in [2.45, 2.75) is 39.4 Å². The first-order valence-electron chi connectivity index (χ1n) is 9.28. The molecule has 0 aliphatic carbocycles. The number of rotatable bonds is 6. The maximum absolute atomic E-state index is 12.4. The van der Waals surface area contributed by atoms with E-state index >= 15 is 0 Å². The topological polar surface area (TPSA) is 63.3 Å². The summed E-state index contributed by atoms with van der Waals surface area (Å²) >= 11 is 0. The Kier molecular flexibility index (Phi) is 4.75. The summed E-state index contributed by atoms with van der Waals surface area (Å²) in [5.74, 6) is 1.00. The molecule has 0 bridgehead atoms. The summed E-state index contributed by atoms with van der Waals surface area (Å²) in [7, 11) is 0. The van der Waals surface area contributed by atoms with Crippen molar-refractivity contribution in [3.05, 3.63) is 53.6 Å². The molecule has 3 heterocycles. The fourth-order valence-corrected chi connectivity index (χ4v) is 3.56. The minimum atomic E-state index is -0.201. The molecule has 1 aromatic carbocycles. The number of para-hydroxylation sites is 1. The van der Waals surface area contributed by atoms with E-state index in [2.05, 4.69) is 22.2 Å². The van der Waals surface area contributed by atoms with Crippen molar-refractivity contribution in [1.82, 2.24) is 20.0 Å². The van der Waals surface area contributed by atoms with Crippen LogP contribution >= 0.6 is 0 Å². The molecule has 2 aromatic heterocycles. The third-order valence-electron chi connectivity index (χ3n) is 4.91. The molecule has 0 radical (unpaired) electrons. The van der Waals surface area contributed by atoms with Crippen molar-refractivity contribution in [1.29, 1.82) is 0 Å². The van der Waals surface area contributed by atoms with Crippen molar-refractivity contribution in [3.8, 4) is 0 Å². The number of likely N-dealkylation sites (tertiary alicyclic amines) is 1. The van der Waals surface area contributed by atoms with Crippen LogP contribution in [0.3, 0.4) is 0 Å². The number of aryl methyl sites for hydroxylation is 1. The lowest BCUT2D eigenvalue weighted by molar-refractivity contribution is 0.0919. The van der Waals surface area contributed by atoms with E-state index in [0.717, 1.165) is 48.5 Å². The summed E-state index contributed by atoms with van der Waals surface area (Å²) in [6.07, 6.45) is 2.48.